The van der Waals surface area contributed by atoms with Gasteiger partial charge in [-0.1, -0.05) is 18.7 Å². The highest BCUT2D eigenvalue weighted by Crippen LogP contribution is 2.22. The number of carboxylic acid groups (broad SMARTS) is 1. The Kier molecular flexibility index (Phi) is 3.88. The molecule has 0 aliphatic rings. The second kappa shape index (κ2) is 4.75. The van der Waals surface area contributed by atoms with Crippen molar-refractivity contribution in [3.8, 4) is 0 Å². The number of rotatable bonds is 3. The van der Waals surface area contributed by atoms with Gasteiger partial charge in [0.25, 0.3) is 0 Å². The van der Waals surface area contributed by atoms with E-state index in [0.29, 0.717) is 16.0 Å². The summed E-state index contributed by atoms with van der Waals surface area (Å²) in [6, 6.07) is 0. The smallest absolute Gasteiger partial charge is 0.355 e. The maximum Gasteiger partial charge on any atom is 0.355 e. The van der Waals surface area contributed by atoms with E-state index < -0.39 is 5.97 Å². The van der Waals surface area contributed by atoms with E-state index in [0.717, 1.165) is 5.69 Å². The summed E-state index contributed by atoms with van der Waals surface area (Å²) in [5.74, 6) is -1.04. The van der Waals surface area contributed by atoms with Gasteiger partial charge in [0, 0.05) is 0 Å². The van der Waals surface area contributed by atoms with Gasteiger partial charge in [0.1, 0.15) is 0 Å². The van der Waals surface area contributed by atoms with E-state index in [1.165, 1.54) is 11.8 Å². The zero-order valence-corrected chi connectivity index (χ0v) is 10.1. The lowest BCUT2D eigenvalue weighted by atomic mass is 10.3. The fourth-order valence-electron chi connectivity index (χ4n) is 0.938. The number of carboxylic acids is 1. The Bertz CT molecular complexity index is 371. The highest BCUT2D eigenvalue weighted by atomic mass is 79.9. The van der Waals surface area contributed by atoms with Gasteiger partial charge in [-0.15, -0.1) is 0 Å². The third-order valence-corrected chi connectivity index (χ3v) is 3.00. The van der Waals surface area contributed by atoms with E-state index in [9.17, 15) is 4.79 Å². The molecule has 1 rings (SSSR count). The minimum absolute atomic E-state index is 0.0289. The first-order valence-electron chi connectivity index (χ1n) is 3.93. The van der Waals surface area contributed by atoms with Crippen molar-refractivity contribution in [3.63, 3.8) is 0 Å². The molecule has 0 radical (unpaired) electrons. The van der Waals surface area contributed by atoms with Gasteiger partial charge >= 0.3 is 5.97 Å². The van der Waals surface area contributed by atoms with Crippen molar-refractivity contribution < 1.29 is 9.90 Å². The molecule has 0 saturated carbocycles. The summed E-state index contributed by atoms with van der Waals surface area (Å²) in [6.45, 7) is 1.92. The molecule has 0 aromatic carbocycles. The molecule has 1 N–H and O–H groups in total. The Morgan fingerprint density at radius 2 is 2.21 bits per heavy atom. The lowest BCUT2D eigenvalue weighted by molar-refractivity contribution is 0.0688. The normalized spacial score (nSPS) is 10.2. The number of nitrogens with zero attached hydrogens (tertiary/aromatic N) is 2. The van der Waals surface area contributed by atoms with E-state index in [1.807, 2.05) is 13.2 Å². The van der Waals surface area contributed by atoms with E-state index in [2.05, 4.69) is 25.9 Å². The molecule has 6 heteroatoms. The van der Waals surface area contributed by atoms with Crippen LogP contribution in [0.25, 0.3) is 0 Å². The molecule has 0 unspecified atom stereocenters. The number of halogens is 1. The van der Waals surface area contributed by atoms with Gasteiger partial charge in [-0.2, -0.15) is 0 Å². The predicted molar refractivity (Wildman–Crippen MR) is 57.9 cm³/mol. The lowest BCUT2D eigenvalue weighted by Gasteiger charge is -2.05. The van der Waals surface area contributed by atoms with Crippen LogP contribution in [0.2, 0.25) is 0 Å². The van der Waals surface area contributed by atoms with E-state index >= 15 is 0 Å². The number of aryl methyl sites for hydroxylation is 1. The summed E-state index contributed by atoms with van der Waals surface area (Å²) in [7, 11) is 0. The minimum atomic E-state index is -1.04. The SMILES string of the molecule is CCc1nc(SC)nc(C(=O)O)c1Br. The van der Waals surface area contributed by atoms with E-state index in [4.69, 9.17) is 5.11 Å². The van der Waals surface area contributed by atoms with Crippen molar-refractivity contribution >= 4 is 33.7 Å². The molecule has 0 aliphatic carbocycles. The average molecular weight is 277 g/mol. The second-order valence-electron chi connectivity index (χ2n) is 2.48. The maximum absolute atomic E-state index is 10.8. The molecule has 0 fully saturated rings. The second-order valence-corrected chi connectivity index (χ2v) is 4.04. The molecule has 0 aliphatic heterocycles. The average Bonchev–Trinajstić information content (AvgIpc) is 2.17. The molecular formula is C8H9BrN2O2S. The Labute approximate surface area is 94.3 Å². The van der Waals surface area contributed by atoms with Gasteiger partial charge in [0.15, 0.2) is 10.9 Å². The first-order chi connectivity index (χ1) is 6.60. The number of carbonyl (C=O) groups is 1. The summed E-state index contributed by atoms with van der Waals surface area (Å²) in [5.41, 5.74) is 0.753. The summed E-state index contributed by atoms with van der Waals surface area (Å²) in [5, 5.41) is 9.36. The number of hydrogen-bond acceptors (Lipinski definition) is 4. The van der Waals surface area contributed by atoms with Gasteiger partial charge in [0.05, 0.1) is 10.2 Å². The largest absolute Gasteiger partial charge is 0.476 e. The van der Waals surface area contributed by atoms with Crippen LogP contribution < -0.4 is 0 Å². The highest BCUT2D eigenvalue weighted by molar-refractivity contribution is 9.10. The Morgan fingerprint density at radius 3 is 2.64 bits per heavy atom. The van der Waals surface area contributed by atoms with E-state index in [1.54, 1.807) is 0 Å². The molecule has 1 heterocycles. The Balaban J connectivity index is 3.34. The first-order valence-corrected chi connectivity index (χ1v) is 5.95. The van der Waals surface area contributed by atoms with Crippen LogP contribution in [0, 0.1) is 0 Å². The van der Waals surface area contributed by atoms with Gasteiger partial charge < -0.3 is 5.11 Å². The highest BCUT2D eigenvalue weighted by Gasteiger charge is 2.16. The summed E-state index contributed by atoms with van der Waals surface area (Å²) in [6.07, 6.45) is 2.49. The lowest BCUT2D eigenvalue weighted by Crippen LogP contribution is -2.07. The minimum Gasteiger partial charge on any atom is -0.476 e. The van der Waals surface area contributed by atoms with Crippen LogP contribution in [0.5, 0.6) is 0 Å². The summed E-state index contributed by atoms with van der Waals surface area (Å²) >= 11 is 4.52. The molecule has 0 amide bonds. The number of aromatic nitrogens is 2. The van der Waals surface area contributed by atoms with Crippen molar-refractivity contribution in [3.05, 3.63) is 15.9 Å². The van der Waals surface area contributed by atoms with Gasteiger partial charge in [-0.3, -0.25) is 0 Å². The maximum atomic E-state index is 10.8. The summed E-state index contributed by atoms with van der Waals surface area (Å²) in [4.78, 5) is 18.9. The van der Waals surface area contributed by atoms with Crippen LogP contribution in [0.4, 0.5) is 0 Å². The topological polar surface area (TPSA) is 63.1 Å². The quantitative estimate of drug-likeness (QED) is 0.678. The van der Waals surface area contributed by atoms with Crippen molar-refractivity contribution in [2.45, 2.75) is 18.5 Å². The first kappa shape index (κ1) is 11.5. The van der Waals surface area contributed by atoms with Gasteiger partial charge in [-0.25, -0.2) is 14.8 Å². The Hall–Kier alpha value is -0.620. The molecule has 0 bridgehead atoms. The van der Waals surface area contributed by atoms with Gasteiger partial charge in [0.2, 0.25) is 0 Å². The number of thioether (sulfide) groups is 1. The third-order valence-electron chi connectivity index (χ3n) is 1.62. The fraction of sp³-hybridized carbons (Fsp3) is 0.375. The van der Waals surface area contributed by atoms with Crippen molar-refractivity contribution in [2.24, 2.45) is 0 Å². The van der Waals surface area contributed by atoms with Crippen LogP contribution in [0.15, 0.2) is 9.63 Å². The molecule has 4 nitrogen and oxygen atoms in total. The van der Waals surface area contributed by atoms with Crippen LogP contribution in [0.3, 0.4) is 0 Å². The Morgan fingerprint density at radius 1 is 1.57 bits per heavy atom. The molecular weight excluding hydrogens is 268 g/mol. The zero-order valence-electron chi connectivity index (χ0n) is 7.74. The molecule has 1 aromatic heterocycles. The number of hydrogen-bond donors (Lipinski definition) is 1. The van der Waals surface area contributed by atoms with Crippen LogP contribution in [0.1, 0.15) is 23.1 Å². The van der Waals surface area contributed by atoms with E-state index in [-0.39, 0.29) is 5.69 Å². The zero-order chi connectivity index (χ0) is 10.7. The monoisotopic (exact) mass is 276 g/mol. The van der Waals surface area contributed by atoms with Gasteiger partial charge in [-0.05, 0) is 28.6 Å². The van der Waals surface area contributed by atoms with Crippen LogP contribution in [-0.2, 0) is 6.42 Å². The predicted octanol–water partition coefficient (Wildman–Crippen LogP) is 2.22. The molecule has 14 heavy (non-hydrogen) atoms. The van der Waals surface area contributed by atoms with Crippen molar-refractivity contribution in [2.75, 3.05) is 6.26 Å². The fourth-order valence-corrected chi connectivity index (χ4v) is 1.95. The molecule has 0 saturated heterocycles. The molecule has 0 spiro atoms. The molecule has 76 valence electrons. The van der Waals surface area contributed by atoms with Crippen LogP contribution in [-0.4, -0.2) is 27.3 Å². The summed E-state index contributed by atoms with van der Waals surface area (Å²) < 4.78 is 0.477. The van der Waals surface area contributed by atoms with Crippen molar-refractivity contribution in [1.82, 2.24) is 9.97 Å². The third kappa shape index (κ3) is 2.24. The molecule has 1 aromatic rings. The number of aromatic carboxylic acids is 1. The van der Waals surface area contributed by atoms with Crippen LogP contribution >= 0.6 is 27.7 Å². The standard InChI is InChI=1S/C8H9BrN2O2S/c1-3-4-5(9)6(7(12)13)11-8(10-4)14-2/h3H2,1-2H3,(H,12,13). The van der Waals surface area contributed by atoms with Crippen molar-refractivity contribution in [1.29, 1.82) is 0 Å². The molecule has 0 atom stereocenters.